The Morgan fingerprint density at radius 1 is 0.778 bits per heavy atom. The molecular formula is C21H46O4P2+2. The molecule has 1 N–H and O–H groups in total. The van der Waals surface area contributed by atoms with Crippen molar-refractivity contribution in [3.63, 3.8) is 0 Å². The summed E-state index contributed by atoms with van der Waals surface area (Å²) in [5.41, 5.74) is -0.925. The second kappa shape index (κ2) is 16.2. The fourth-order valence-corrected chi connectivity index (χ4v) is 5.06. The minimum absolute atomic E-state index is 0.592. The van der Waals surface area contributed by atoms with Gasteiger partial charge in [-0.15, -0.1) is 4.89 Å². The lowest BCUT2D eigenvalue weighted by Crippen LogP contribution is -2.32. The Bertz CT molecular complexity index is 372. The van der Waals surface area contributed by atoms with E-state index in [4.69, 9.17) is 14.2 Å². The van der Waals surface area contributed by atoms with E-state index in [1.165, 1.54) is 77.0 Å². The maximum absolute atomic E-state index is 11.1. The van der Waals surface area contributed by atoms with Crippen LogP contribution in [-0.2, 0) is 13.8 Å². The van der Waals surface area contributed by atoms with Crippen LogP contribution >= 0.6 is 15.5 Å². The Labute approximate surface area is 170 Å². The van der Waals surface area contributed by atoms with E-state index in [0.717, 1.165) is 12.8 Å². The third-order valence-electron chi connectivity index (χ3n) is 5.33. The Morgan fingerprint density at radius 2 is 1.15 bits per heavy atom. The van der Waals surface area contributed by atoms with Crippen LogP contribution < -0.4 is 0 Å². The Hall–Kier alpha value is 0.410. The van der Waals surface area contributed by atoms with Gasteiger partial charge in [0.25, 0.3) is 0 Å². The molecule has 0 fully saturated rings. The maximum atomic E-state index is 11.1. The molecule has 0 aromatic heterocycles. The van der Waals surface area contributed by atoms with E-state index < -0.39 is 21.0 Å². The van der Waals surface area contributed by atoms with Crippen molar-refractivity contribution >= 4 is 15.5 Å². The summed E-state index contributed by atoms with van der Waals surface area (Å²) in [4.78, 5) is 9.10. The predicted molar refractivity (Wildman–Crippen MR) is 120 cm³/mol. The number of unbranched alkanes of at least 4 members (excludes halogenated alkanes) is 13. The van der Waals surface area contributed by atoms with Gasteiger partial charge in [0, 0.05) is 11.5 Å². The summed E-state index contributed by atoms with van der Waals surface area (Å²) in [7, 11) is -4.21. The molecule has 0 spiro atoms. The van der Waals surface area contributed by atoms with E-state index in [0.29, 0.717) is 6.61 Å². The van der Waals surface area contributed by atoms with Crippen molar-refractivity contribution < 1.29 is 18.7 Å². The topological polar surface area (TPSA) is 55.8 Å². The number of rotatable bonds is 19. The van der Waals surface area contributed by atoms with E-state index in [2.05, 4.69) is 26.9 Å². The lowest BCUT2D eigenvalue weighted by Gasteiger charge is -2.29. The summed E-state index contributed by atoms with van der Waals surface area (Å²) in [6, 6.07) is 0. The zero-order valence-corrected chi connectivity index (χ0v) is 20.5. The van der Waals surface area contributed by atoms with E-state index in [1.54, 1.807) is 6.92 Å². The van der Waals surface area contributed by atoms with Crippen molar-refractivity contribution in [1.82, 2.24) is 0 Å². The van der Waals surface area contributed by atoms with Crippen molar-refractivity contribution in [2.24, 2.45) is 0 Å². The van der Waals surface area contributed by atoms with E-state index in [-0.39, 0.29) is 0 Å². The summed E-state index contributed by atoms with van der Waals surface area (Å²) in [5, 5.41) is 0. The summed E-state index contributed by atoms with van der Waals surface area (Å²) >= 11 is 0. The van der Waals surface area contributed by atoms with Gasteiger partial charge in [-0.2, -0.15) is 0 Å². The quantitative estimate of drug-likeness (QED) is 0.131. The van der Waals surface area contributed by atoms with Crippen LogP contribution in [0.5, 0.6) is 0 Å². The van der Waals surface area contributed by atoms with Crippen molar-refractivity contribution in [3.05, 3.63) is 0 Å². The summed E-state index contributed by atoms with van der Waals surface area (Å²) < 4.78 is 22.2. The van der Waals surface area contributed by atoms with Crippen LogP contribution in [-0.4, -0.2) is 37.0 Å². The van der Waals surface area contributed by atoms with Gasteiger partial charge in [-0.05, 0) is 10.9 Å². The highest BCUT2D eigenvalue weighted by Gasteiger charge is 2.53. The molecule has 0 saturated heterocycles. The van der Waals surface area contributed by atoms with Gasteiger partial charge >= 0.3 is 13.8 Å². The molecule has 6 heteroatoms. The van der Waals surface area contributed by atoms with Crippen LogP contribution in [0.3, 0.4) is 0 Å². The summed E-state index contributed by atoms with van der Waals surface area (Å²) in [5.74, 6) is 0. The van der Waals surface area contributed by atoms with Crippen LogP contribution in [0.25, 0.3) is 0 Å². The largest absolute Gasteiger partial charge is 0.701 e. The van der Waals surface area contributed by atoms with Crippen LogP contribution in [0.2, 0.25) is 0 Å². The first-order valence-electron chi connectivity index (χ1n) is 11.0. The van der Waals surface area contributed by atoms with Crippen LogP contribution in [0, 0.1) is 0 Å². The molecule has 0 radical (unpaired) electrons. The predicted octanol–water partition coefficient (Wildman–Crippen LogP) is 7.73. The smallest absolute Gasteiger partial charge is 0.316 e. The van der Waals surface area contributed by atoms with Crippen LogP contribution in [0.4, 0.5) is 0 Å². The van der Waals surface area contributed by atoms with Gasteiger partial charge in [0.1, 0.15) is 0 Å². The molecule has 0 aromatic rings. The molecule has 0 saturated carbocycles. The van der Waals surface area contributed by atoms with E-state index >= 15 is 0 Å². The second-order valence-corrected chi connectivity index (χ2v) is 14.2. The first-order valence-corrected chi connectivity index (χ1v) is 15.3. The molecule has 0 rings (SSSR count). The van der Waals surface area contributed by atoms with Gasteiger partial charge in [-0.3, -0.25) is 0 Å². The first kappa shape index (κ1) is 27.4. The molecule has 162 valence electrons. The van der Waals surface area contributed by atoms with Crippen molar-refractivity contribution in [1.29, 1.82) is 0 Å². The van der Waals surface area contributed by atoms with Gasteiger partial charge in [-0.1, -0.05) is 90.4 Å². The first-order chi connectivity index (χ1) is 12.7. The van der Waals surface area contributed by atoms with E-state index in [9.17, 15) is 4.57 Å². The zero-order chi connectivity index (χ0) is 20.6. The normalized spacial score (nSPS) is 15.0. The maximum Gasteiger partial charge on any atom is 0.701 e. The minimum Gasteiger partial charge on any atom is -0.316 e. The molecular weight excluding hydrogens is 378 g/mol. The highest BCUT2D eigenvalue weighted by Crippen LogP contribution is 2.62. The molecule has 0 aromatic carbocycles. The molecule has 4 nitrogen and oxygen atoms in total. The van der Waals surface area contributed by atoms with Gasteiger partial charge in [0.2, 0.25) is 0 Å². The average molecular weight is 425 g/mol. The highest BCUT2D eigenvalue weighted by molar-refractivity contribution is 7.75. The monoisotopic (exact) mass is 424 g/mol. The zero-order valence-electron chi connectivity index (χ0n) is 18.7. The molecule has 27 heavy (non-hydrogen) atoms. The summed E-state index contributed by atoms with van der Waals surface area (Å²) in [6.45, 7) is 10.9. The van der Waals surface area contributed by atoms with Crippen LogP contribution in [0.15, 0.2) is 0 Å². The van der Waals surface area contributed by atoms with Gasteiger partial charge in [-0.25, -0.2) is 0 Å². The highest BCUT2D eigenvalue weighted by atomic mass is 31.2. The van der Waals surface area contributed by atoms with E-state index in [1.807, 2.05) is 0 Å². The molecule has 0 aliphatic carbocycles. The molecule has 2 atom stereocenters. The van der Waals surface area contributed by atoms with Crippen molar-refractivity contribution in [2.45, 2.75) is 109 Å². The fraction of sp³-hybridized carbons (Fsp3) is 1.00. The Balaban J connectivity index is 3.54. The molecule has 0 aliphatic rings. The summed E-state index contributed by atoms with van der Waals surface area (Å²) in [6.07, 6.45) is 18.6. The fourth-order valence-electron chi connectivity index (χ4n) is 3.05. The number of hydrogen-bond donors (Lipinski definition) is 1. The SMILES string of the molecule is CCCCCCCCCCCCCCCCOC(C)(O[P+](=O)O)[P+](C)(C)C. The van der Waals surface area contributed by atoms with Gasteiger partial charge in [0.15, 0.2) is 0 Å². The minimum atomic E-state index is -2.64. The standard InChI is InChI=1S/C21H45O4P2/c1-6-7-8-9-10-11-12-13-14-15-16-17-18-19-20-24-21(2,25-26(22)23)27(3,4)5/h6-20H2,1-5H3/q+1/p+1. The average Bonchev–Trinajstić information content (AvgIpc) is 2.56. The third-order valence-corrected chi connectivity index (χ3v) is 8.64. The van der Waals surface area contributed by atoms with Crippen molar-refractivity contribution in [3.8, 4) is 0 Å². The Morgan fingerprint density at radius 3 is 1.48 bits per heavy atom. The second-order valence-electron chi connectivity index (χ2n) is 8.68. The van der Waals surface area contributed by atoms with Gasteiger partial charge < -0.3 is 4.74 Å². The molecule has 0 amide bonds. The van der Waals surface area contributed by atoms with Crippen molar-refractivity contribution in [2.75, 3.05) is 26.6 Å². The molecule has 0 heterocycles. The molecule has 2 unspecified atom stereocenters. The lowest BCUT2D eigenvalue weighted by atomic mass is 10.0. The van der Waals surface area contributed by atoms with Gasteiger partial charge in [0.05, 0.1) is 33.9 Å². The number of hydrogen-bond acceptors (Lipinski definition) is 3. The lowest BCUT2D eigenvalue weighted by molar-refractivity contribution is -0.106. The Kier molecular flexibility index (Phi) is 16.5. The van der Waals surface area contributed by atoms with Crippen LogP contribution in [0.1, 0.15) is 104 Å². The molecule has 0 bridgehead atoms. The molecule has 0 aliphatic heterocycles. The third kappa shape index (κ3) is 15.0. The number of ether oxygens (including phenoxy) is 1.